The highest BCUT2D eigenvalue weighted by Crippen LogP contribution is 2.39. The van der Waals surface area contributed by atoms with E-state index >= 15 is 0 Å². The van der Waals surface area contributed by atoms with E-state index in [1.165, 1.54) is 0 Å². The maximum absolute atomic E-state index is 6.22. The Morgan fingerprint density at radius 3 is 2.83 bits per heavy atom. The molecule has 94 valence electrons. The smallest absolute Gasteiger partial charge is 0.129 e. The van der Waals surface area contributed by atoms with Crippen LogP contribution in [0.25, 0.3) is 0 Å². The number of rotatable bonds is 1. The van der Waals surface area contributed by atoms with Crippen molar-refractivity contribution in [2.75, 3.05) is 0 Å². The summed E-state index contributed by atoms with van der Waals surface area (Å²) in [4.78, 5) is 0. The first kappa shape index (κ1) is 11.3. The number of ether oxygens (including phenoxy) is 1. The Bertz CT molecular complexity index is 576. The second-order valence-corrected chi connectivity index (χ2v) is 4.80. The molecule has 0 radical (unpaired) electrons. The molecule has 1 aliphatic heterocycles. The molecule has 2 aromatic rings. The van der Waals surface area contributed by atoms with Crippen molar-refractivity contribution < 1.29 is 4.74 Å². The molecule has 1 aromatic carbocycles. The Morgan fingerprint density at radius 1 is 1.33 bits per heavy atom. The van der Waals surface area contributed by atoms with Crippen LogP contribution in [0.1, 0.15) is 35.4 Å². The minimum absolute atomic E-state index is 0.00333. The van der Waals surface area contributed by atoms with Crippen molar-refractivity contribution in [3.05, 3.63) is 47.3 Å². The van der Waals surface area contributed by atoms with Crippen molar-refractivity contribution in [2.24, 2.45) is 12.8 Å². The van der Waals surface area contributed by atoms with Crippen LogP contribution in [0.15, 0.2) is 30.5 Å². The zero-order valence-corrected chi connectivity index (χ0v) is 10.6. The summed E-state index contributed by atoms with van der Waals surface area (Å²) >= 11 is 0. The number of benzene rings is 1. The molecule has 2 atom stereocenters. The fraction of sp³-hybridized carbons (Fsp3) is 0.357. The molecule has 2 unspecified atom stereocenters. The topological polar surface area (TPSA) is 53.1 Å². The minimum Gasteiger partial charge on any atom is -0.485 e. The van der Waals surface area contributed by atoms with Crippen LogP contribution in [-0.2, 0) is 7.05 Å². The summed E-state index contributed by atoms with van der Waals surface area (Å²) in [5.41, 5.74) is 9.57. The van der Waals surface area contributed by atoms with Crippen molar-refractivity contribution in [2.45, 2.75) is 25.5 Å². The van der Waals surface area contributed by atoms with Gasteiger partial charge in [0.05, 0.1) is 6.20 Å². The Balaban J connectivity index is 1.97. The molecule has 1 aliphatic rings. The Hall–Kier alpha value is -1.81. The van der Waals surface area contributed by atoms with Crippen molar-refractivity contribution in [3.8, 4) is 5.75 Å². The van der Waals surface area contributed by atoms with Crippen molar-refractivity contribution in [3.63, 3.8) is 0 Å². The van der Waals surface area contributed by atoms with Gasteiger partial charge in [-0.3, -0.25) is 4.68 Å². The molecule has 2 N–H and O–H groups in total. The summed E-state index contributed by atoms with van der Waals surface area (Å²) < 4.78 is 7.92. The van der Waals surface area contributed by atoms with E-state index in [1.54, 1.807) is 0 Å². The molecule has 0 bridgehead atoms. The van der Waals surface area contributed by atoms with Gasteiger partial charge < -0.3 is 10.5 Å². The Labute approximate surface area is 106 Å². The van der Waals surface area contributed by atoms with Gasteiger partial charge in [0.1, 0.15) is 11.9 Å². The van der Waals surface area contributed by atoms with E-state index in [4.69, 9.17) is 10.5 Å². The fourth-order valence-corrected chi connectivity index (χ4v) is 2.48. The average molecular weight is 243 g/mol. The predicted octanol–water partition coefficient (Wildman–Crippen LogP) is 2.25. The van der Waals surface area contributed by atoms with E-state index in [0.717, 1.165) is 29.0 Å². The number of fused-ring (bicyclic) bond motifs is 1. The van der Waals surface area contributed by atoms with E-state index in [2.05, 4.69) is 12.0 Å². The minimum atomic E-state index is 0.00333. The number of nitrogens with zero attached hydrogens (tertiary/aromatic N) is 2. The van der Waals surface area contributed by atoms with Gasteiger partial charge in [0.2, 0.25) is 0 Å². The highest BCUT2D eigenvalue weighted by atomic mass is 16.5. The van der Waals surface area contributed by atoms with Crippen LogP contribution in [-0.4, -0.2) is 9.78 Å². The molecule has 18 heavy (non-hydrogen) atoms. The van der Waals surface area contributed by atoms with Crippen LogP contribution >= 0.6 is 0 Å². The number of aryl methyl sites for hydroxylation is 1. The summed E-state index contributed by atoms with van der Waals surface area (Å²) in [6, 6.07) is 8.01. The Morgan fingerprint density at radius 2 is 2.11 bits per heavy atom. The number of para-hydroxylation sites is 1. The third-order valence-electron chi connectivity index (χ3n) is 3.68. The van der Waals surface area contributed by atoms with E-state index < -0.39 is 0 Å². The van der Waals surface area contributed by atoms with E-state index in [-0.39, 0.29) is 12.1 Å². The second-order valence-electron chi connectivity index (χ2n) is 4.80. The zero-order valence-electron chi connectivity index (χ0n) is 10.6. The largest absolute Gasteiger partial charge is 0.485 e. The van der Waals surface area contributed by atoms with Crippen molar-refractivity contribution >= 4 is 0 Å². The highest BCUT2D eigenvalue weighted by Gasteiger charge is 2.28. The van der Waals surface area contributed by atoms with Crippen molar-refractivity contribution in [1.29, 1.82) is 0 Å². The lowest BCUT2D eigenvalue weighted by Gasteiger charge is -2.30. The number of aromatic nitrogens is 2. The molecule has 4 nitrogen and oxygen atoms in total. The molecule has 0 saturated carbocycles. The molecular weight excluding hydrogens is 226 g/mol. The summed E-state index contributed by atoms with van der Waals surface area (Å²) in [5.74, 6) is 0.893. The summed E-state index contributed by atoms with van der Waals surface area (Å²) in [5, 5.41) is 4.27. The molecule has 0 fully saturated rings. The molecule has 1 aromatic heterocycles. The molecule has 0 spiro atoms. The first-order valence-electron chi connectivity index (χ1n) is 6.16. The summed E-state index contributed by atoms with van der Waals surface area (Å²) in [6.07, 6.45) is 2.67. The zero-order chi connectivity index (χ0) is 12.7. The second kappa shape index (κ2) is 4.14. The summed E-state index contributed by atoms with van der Waals surface area (Å²) in [7, 11) is 1.94. The normalized spacial score (nSPS) is 22.4. The van der Waals surface area contributed by atoms with Gasteiger partial charge in [-0.25, -0.2) is 0 Å². The van der Waals surface area contributed by atoms with Gasteiger partial charge in [0, 0.05) is 36.3 Å². The maximum Gasteiger partial charge on any atom is 0.129 e. The molecule has 0 aliphatic carbocycles. The van der Waals surface area contributed by atoms with Crippen molar-refractivity contribution in [1.82, 2.24) is 9.78 Å². The molecule has 2 heterocycles. The first-order chi connectivity index (χ1) is 8.66. The van der Waals surface area contributed by atoms with Gasteiger partial charge >= 0.3 is 0 Å². The SMILES string of the molecule is Cc1c(C2CC(N)c3ccccc3O2)cnn1C. The first-order valence-corrected chi connectivity index (χ1v) is 6.16. The quantitative estimate of drug-likeness (QED) is 0.835. The van der Waals surface area contributed by atoms with E-state index in [1.807, 2.05) is 42.2 Å². The molecule has 4 heteroatoms. The van der Waals surface area contributed by atoms with Crippen LogP contribution in [0.3, 0.4) is 0 Å². The predicted molar refractivity (Wildman–Crippen MR) is 69.3 cm³/mol. The molecular formula is C14H17N3O. The fourth-order valence-electron chi connectivity index (χ4n) is 2.48. The van der Waals surface area contributed by atoms with Gasteiger partial charge in [-0.2, -0.15) is 5.10 Å². The molecule has 0 amide bonds. The number of hydrogen-bond donors (Lipinski definition) is 1. The monoisotopic (exact) mass is 243 g/mol. The summed E-state index contributed by atoms with van der Waals surface area (Å²) in [6.45, 7) is 2.05. The van der Waals surface area contributed by atoms with Gasteiger partial charge in [-0.05, 0) is 13.0 Å². The lowest BCUT2D eigenvalue weighted by Crippen LogP contribution is -2.24. The average Bonchev–Trinajstić information content (AvgIpc) is 2.70. The molecule has 3 rings (SSSR count). The standard InChI is InChI=1S/C14H17N3O/c1-9-11(8-16-17(9)2)14-7-12(15)10-5-3-4-6-13(10)18-14/h3-6,8,12,14H,7,15H2,1-2H3. The van der Waals surface area contributed by atoms with Crippen LogP contribution in [0.4, 0.5) is 0 Å². The van der Waals surface area contributed by atoms with Gasteiger partial charge in [0.25, 0.3) is 0 Å². The lowest BCUT2D eigenvalue weighted by atomic mass is 9.94. The molecule has 0 saturated heterocycles. The van der Waals surface area contributed by atoms with Crippen LogP contribution in [0.2, 0.25) is 0 Å². The highest BCUT2D eigenvalue weighted by molar-refractivity contribution is 5.39. The van der Waals surface area contributed by atoms with Crippen LogP contribution in [0.5, 0.6) is 5.75 Å². The van der Waals surface area contributed by atoms with Gasteiger partial charge in [-0.1, -0.05) is 18.2 Å². The Kier molecular flexibility index (Phi) is 2.59. The van der Waals surface area contributed by atoms with E-state index in [0.29, 0.717) is 0 Å². The third kappa shape index (κ3) is 1.69. The van der Waals surface area contributed by atoms with Crippen LogP contribution < -0.4 is 10.5 Å². The van der Waals surface area contributed by atoms with Crippen LogP contribution in [0, 0.1) is 6.92 Å². The van der Waals surface area contributed by atoms with Gasteiger partial charge in [-0.15, -0.1) is 0 Å². The number of hydrogen-bond acceptors (Lipinski definition) is 3. The third-order valence-corrected chi connectivity index (χ3v) is 3.68. The van der Waals surface area contributed by atoms with E-state index in [9.17, 15) is 0 Å². The number of nitrogens with two attached hydrogens (primary N) is 1. The maximum atomic E-state index is 6.22. The lowest BCUT2D eigenvalue weighted by molar-refractivity contribution is 0.161. The van der Waals surface area contributed by atoms with Gasteiger partial charge in [0.15, 0.2) is 0 Å².